The number of benzene rings is 5. The Morgan fingerprint density at radius 3 is 1.95 bits per heavy atom. The summed E-state index contributed by atoms with van der Waals surface area (Å²) in [5.41, 5.74) is 8.75. The van der Waals surface area contributed by atoms with Crippen molar-refractivity contribution in [3.8, 4) is 33.6 Å². The predicted molar refractivity (Wildman–Crippen MR) is 164 cm³/mol. The molecule has 4 nitrogen and oxygen atoms in total. The molecule has 1 aliphatic carbocycles. The number of hydrogen-bond donors (Lipinski definition) is 0. The summed E-state index contributed by atoms with van der Waals surface area (Å²) in [5.74, 6) is 0.698. The molecule has 0 saturated carbocycles. The monoisotopic (exact) mass is 528 g/mol. The van der Waals surface area contributed by atoms with Crippen LogP contribution in [0, 0.1) is 0 Å². The molecule has 8 rings (SSSR count). The van der Waals surface area contributed by atoms with Gasteiger partial charge in [-0.1, -0.05) is 103 Å². The van der Waals surface area contributed by atoms with Crippen LogP contribution < -0.4 is 5.63 Å². The van der Waals surface area contributed by atoms with Gasteiger partial charge in [0.05, 0.1) is 16.8 Å². The maximum Gasteiger partial charge on any atom is 0.344 e. The van der Waals surface area contributed by atoms with Crippen molar-refractivity contribution in [2.45, 2.75) is 12.3 Å². The van der Waals surface area contributed by atoms with Crippen LogP contribution in [-0.4, -0.2) is 9.97 Å². The predicted octanol–water partition coefficient (Wildman–Crippen LogP) is 8.43. The van der Waals surface area contributed by atoms with E-state index in [1.165, 1.54) is 5.56 Å². The molecule has 5 aromatic carbocycles. The summed E-state index contributed by atoms with van der Waals surface area (Å²) in [6.07, 6.45) is 0.682. The van der Waals surface area contributed by atoms with Crippen molar-refractivity contribution in [2.24, 2.45) is 0 Å². The third-order valence-corrected chi connectivity index (χ3v) is 8.09. The Hall–Kier alpha value is -5.35. The lowest BCUT2D eigenvalue weighted by Crippen LogP contribution is -2.16. The Kier molecular flexibility index (Phi) is 5.39. The first-order valence-corrected chi connectivity index (χ1v) is 13.8. The summed E-state index contributed by atoms with van der Waals surface area (Å²) in [6, 6.07) is 43.0. The summed E-state index contributed by atoms with van der Waals surface area (Å²) in [6.45, 7) is 0. The van der Waals surface area contributed by atoms with Gasteiger partial charge in [-0.05, 0) is 52.9 Å². The molecule has 1 unspecified atom stereocenters. The van der Waals surface area contributed by atoms with E-state index in [2.05, 4.69) is 60.7 Å². The lowest BCUT2D eigenvalue weighted by Gasteiger charge is -2.28. The van der Waals surface area contributed by atoms with E-state index in [1.54, 1.807) is 0 Å². The number of rotatable bonds is 3. The van der Waals surface area contributed by atoms with Gasteiger partial charge in [-0.15, -0.1) is 0 Å². The summed E-state index contributed by atoms with van der Waals surface area (Å²) >= 11 is 0. The van der Waals surface area contributed by atoms with Crippen LogP contribution in [0.5, 0.6) is 0 Å². The molecule has 2 aromatic heterocycles. The summed E-state index contributed by atoms with van der Waals surface area (Å²) in [7, 11) is 0. The molecule has 0 fully saturated rings. The first kappa shape index (κ1) is 23.5. The molecule has 7 aromatic rings. The van der Waals surface area contributed by atoms with E-state index in [1.807, 2.05) is 66.7 Å². The number of hydrogen-bond acceptors (Lipinski definition) is 4. The van der Waals surface area contributed by atoms with Crippen LogP contribution in [0.1, 0.15) is 22.9 Å². The van der Waals surface area contributed by atoms with Crippen LogP contribution in [0.4, 0.5) is 0 Å². The Morgan fingerprint density at radius 1 is 0.585 bits per heavy atom. The summed E-state index contributed by atoms with van der Waals surface area (Å²) < 4.78 is 5.70. The molecule has 4 heteroatoms. The zero-order valence-electron chi connectivity index (χ0n) is 22.1. The molecular formula is C37H24N2O2. The number of aromatic nitrogens is 2. The molecular weight excluding hydrogens is 504 g/mol. The van der Waals surface area contributed by atoms with Crippen LogP contribution in [0.2, 0.25) is 0 Å². The van der Waals surface area contributed by atoms with Gasteiger partial charge in [0.15, 0.2) is 0 Å². The van der Waals surface area contributed by atoms with Gasteiger partial charge in [-0.3, -0.25) is 0 Å². The fourth-order valence-corrected chi connectivity index (χ4v) is 6.13. The standard InChI is InChI=1S/C37H24N2O2/c40-37-32-20-25-19-31(27-16-8-7-15-26(27)29(25)21-30(32)28-17-9-10-18-35(28)41-37)36-38-33(23-11-3-1-4-12-23)22-34(39-36)24-13-5-2-6-14-24/h1-18,20-22,31H,19H2. The van der Waals surface area contributed by atoms with Gasteiger partial charge in [-0.25, -0.2) is 14.8 Å². The maximum absolute atomic E-state index is 13.1. The van der Waals surface area contributed by atoms with Gasteiger partial charge in [0.25, 0.3) is 0 Å². The molecule has 1 aliphatic rings. The van der Waals surface area contributed by atoms with E-state index in [9.17, 15) is 4.79 Å². The summed E-state index contributed by atoms with van der Waals surface area (Å²) in [5, 5.41) is 2.46. The third-order valence-electron chi connectivity index (χ3n) is 8.09. The fourth-order valence-electron chi connectivity index (χ4n) is 6.13. The van der Waals surface area contributed by atoms with Crippen molar-refractivity contribution in [3.05, 3.63) is 155 Å². The first-order chi connectivity index (χ1) is 20.2. The maximum atomic E-state index is 13.1. The van der Waals surface area contributed by atoms with Crippen LogP contribution in [0.3, 0.4) is 0 Å². The minimum absolute atomic E-state index is 0.0743. The lowest BCUT2D eigenvalue weighted by atomic mass is 9.77. The fraction of sp³-hybridized carbons (Fsp3) is 0.0541. The van der Waals surface area contributed by atoms with Crippen LogP contribution >= 0.6 is 0 Å². The molecule has 0 spiro atoms. The third kappa shape index (κ3) is 3.95. The van der Waals surface area contributed by atoms with Gasteiger partial charge in [0, 0.05) is 27.8 Å². The van der Waals surface area contributed by atoms with E-state index in [4.69, 9.17) is 14.4 Å². The second-order valence-electron chi connectivity index (χ2n) is 10.5. The Bertz CT molecular complexity index is 2090. The van der Waals surface area contributed by atoms with Gasteiger partial charge in [0.1, 0.15) is 11.4 Å². The van der Waals surface area contributed by atoms with Crippen LogP contribution in [0.15, 0.2) is 137 Å². The van der Waals surface area contributed by atoms with E-state index in [-0.39, 0.29) is 11.5 Å². The van der Waals surface area contributed by atoms with Crippen molar-refractivity contribution < 1.29 is 4.42 Å². The quantitative estimate of drug-likeness (QED) is 0.171. The number of para-hydroxylation sites is 1. The average Bonchev–Trinajstić information content (AvgIpc) is 3.04. The molecule has 1 atom stereocenters. The van der Waals surface area contributed by atoms with E-state index in [0.29, 0.717) is 17.4 Å². The Labute approximate surface area is 236 Å². The molecule has 0 bridgehead atoms. The molecule has 2 heterocycles. The highest BCUT2D eigenvalue weighted by atomic mass is 16.4. The highest BCUT2D eigenvalue weighted by Crippen LogP contribution is 2.44. The lowest BCUT2D eigenvalue weighted by molar-refractivity contribution is 0.569. The van der Waals surface area contributed by atoms with Crippen LogP contribution in [-0.2, 0) is 6.42 Å². The Morgan fingerprint density at radius 2 is 1.22 bits per heavy atom. The van der Waals surface area contributed by atoms with Crippen molar-refractivity contribution in [1.82, 2.24) is 9.97 Å². The van der Waals surface area contributed by atoms with Crippen molar-refractivity contribution >= 4 is 21.7 Å². The zero-order valence-corrected chi connectivity index (χ0v) is 22.1. The van der Waals surface area contributed by atoms with Crippen molar-refractivity contribution in [1.29, 1.82) is 0 Å². The molecule has 194 valence electrons. The van der Waals surface area contributed by atoms with Crippen molar-refractivity contribution in [2.75, 3.05) is 0 Å². The topological polar surface area (TPSA) is 56.0 Å². The summed E-state index contributed by atoms with van der Waals surface area (Å²) in [4.78, 5) is 23.4. The Balaban J connectivity index is 1.35. The highest BCUT2D eigenvalue weighted by molar-refractivity contribution is 6.06. The number of nitrogens with zero attached hydrogens (tertiary/aromatic N) is 2. The van der Waals surface area contributed by atoms with Gasteiger partial charge in [0.2, 0.25) is 0 Å². The zero-order chi connectivity index (χ0) is 27.3. The number of fused-ring (bicyclic) bond motifs is 6. The largest absolute Gasteiger partial charge is 0.422 e. The smallest absolute Gasteiger partial charge is 0.344 e. The normalized spacial score (nSPS) is 14.1. The second kappa shape index (κ2) is 9.39. The molecule has 0 saturated heterocycles. The first-order valence-electron chi connectivity index (χ1n) is 13.8. The molecule has 0 amide bonds. The van der Waals surface area contributed by atoms with E-state index >= 15 is 0 Å². The minimum Gasteiger partial charge on any atom is -0.422 e. The molecule has 0 aliphatic heterocycles. The van der Waals surface area contributed by atoms with E-state index < -0.39 is 0 Å². The minimum atomic E-state index is -0.314. The second-order valence-corrected chi connectivity index (χ2v) is 10.5. The molecule has 41 heavy (non-hydrogen) atoms. The van der Waals surface area contributed by atoms with Gasteiger partial charge in [-0.2, -0.15) is 0 Å². The van der Waals surface area contributed by atoms with Gasteiger partial charge >= 0.3 is 5.63 Å². The van der Waals surface area contributed by atoms with E-state index in [0.717, 1.165) is 55.8 Å². The highest BCUT2D eigenvalue weighted by Gasteiger charge is 2.29. The van der Waals surface area contributed by atoms with Crippen molar-refractivity contribution in [3.63, 3.8) is 0 Å². The average molecular weight is 529 g/mol. The van der Waals surface area contributed by atoms with Crippen LogP contribution in [0.25, 0.3) is 55.4 Å². The SMILES string of the molecule is O=c1oc2ccccc2c2cc3c(cc12)CC(c1nc(-c2ccccc2)cc(-c2ccccc2)n1)c1ccccc1-3. The molecule has 0 radical (unpaired) electrons. The van der Waals surface area contributed by atoms with Gasteiger partial charge < -0.3 is 4.42 Å². The molecule has 0 N–H and O–H groups in total.